The van der Waals surface area contributed by atoms with Crippen LogP contribution in [0, 0.1) is 0 Å². The lowest BCUT2D eigenvalue weighted by molar-refractivity contribution is 0.486. The Morgan fingerprint density at radius 3 is 0.909 bits per heavy atom. The van der Waals surface area contributed by atoms with Gasteiger partial charge < -0.3 is 0 Å². The Kier molecular flexibility index (Phi) is 4.16. The van der Waals surface area contributed by atoms with Crippen LogP contribution in [-0.2, 0) is 11.8 Å². The summed E-state index contributed by atoms with van der Waals surface area (Å²) in [7, 11) is 12.2. The smallest absolute Gasteiger partial charge is 0.144 e. The highest BCUT2D eigenvalue weighted by Gasteiger charge is 2.24. The summed E-state index contributed by atoms with van der Waals surface area (Å²) in [4.78, 5) is 0. The van der Waals surface area contributed by atoms with Gasteiger partial charge in [0.05, 0.1) is 0 Å². The minimum Gasteiger partial charge on any atom is -0.258 e. The van der Waals surface area contributed by atoms with Crippen molar-refractivity contribution in [1.82, 2.24) is 14.0 Å². The third kappa shape index (κ3) is 2.23. The van der Waals surface area contributed by atoms with Crippen LogP contribution in [0.4, 0.5) is 0 Å². The topological polar surface area (TPSA) is 9.72 Å². The average molecular weight is 195 g/mol. The van der Waals surface area contributed by atoms with Crippen molar-refractivity contribution in [2.75, 3.05) is 42.3 Å². The predicted molar refractivity (Wildman–Crippen MR) is 55.3 cm³/mol. The molecule has 0 aromatic rings. The van der Waals surface area contributed by atoms with Crippen LogP contribution in [0.25, 0.3) is 0 Å². The Hall–Kier alpha value is 0.530. The summed E-state index contributed by atoms with van der Waals surface area (Å²) in [6.07, 6.45) is 0. The fourth-order valence-corrected chi connectivity index (χ4v) is 3.22. The summed E-state index contributed by atoms with van der Waals surface area (Å²) < 4.78 is 6.34. The third-order valence-electron chi connectivity index (χ3n) is 1.56. The molecule has 0 aromatic carbocycles. The summed E-state index contributed by atoms with van der Waals surface area (Å²) >= 11 is 5.56. The molecule has 0 aromatic heterocycles. The van der Waals surface area contributed by atoms with Crippen LogP contribution < -0.4 is 0 Å². The van der Waals surface area contributed by atoms with E-state index in [0.29, 0.717) is 0 Å². The zero-order valence-corrected chi connectivity index (χ0v) is 9.91. The van der Waals surface area contributed by atoms with Crippen LogP contribution in [-0.4, -0.2) is 56.3 Å². The van der Waals surface area contributed by atoms with Gasteiger partial charge in [0, 0.05) is 0 Å². The molecule has 0 N–H and O–H groups in total. The van der Waals surface area contributed by atoms with Crippen LogP contribution in [0.1, 0.15) is 0 Å². The molecule has 0 rings (SSSR count). The third-order valence-corrected chi connectivity index (χ3v) is 7.63. The molecule has 0 heterocycles. The lowest BCUT2D eigenvalue weighted by atomic mass is 11.2. The monoisotopic (exact) mass is 195 g/mol. The summed E-state index contributed by atoms with van der Waals surface area (Å²) in [6.45, 7) is -1.60. The Bertz CT molecular complexity index is 139. The molecule has 0 aliphatic carbocycles. The molecule has 5 heteroatoms. The van der Waals surface area contributed by atoms with Crippen molar-refractivity contribution in [1.29, 1.82) is 0 Å². The Morgan fingerprint density at radius 1 is 0.727 bits per heavy atom. The molecule has 0 fully saturated rings. The van der Waals surface area contributed by atoms with Gasteiger partial charge in [0.2, 0.25) is 0 Å². The van der Waals surface area contributed by atoms with Gasteiger partial charge in [-0.3, -0.25) is 14.0 Å². The Labute approximate surface area is 75.1 Å². The fourth-order valence-electron chi connectivity index (χ4n) is 1.07. The van der Waals surface area contributed by atoms with Crippen molar-refractivity contribution in [2.45, 2.75) is 0 Å². The van der Waals surface area contributed by atoms with Crippen molar-refractivity contribution in [2.24, 2.45) is 0 Å². The molecule has 0 bridgehead atoms. The van der Waals surface area contributed by atoms with Crippen LogP contribution in [0.2, 0.25) is 0 Å². The second-order valence-electron chi connectivity index (χ2n) is 3.05. The van der Waals surface area contributed by atoms with Crippen LogP contribution >= 0.6 is 6.49 Å². The lowest BCUT2D eigenvalue weighted by Gasteiger charge is -2.39. The number of nitrogens with zero attached hydrogens (tertiary/aromatic N) is 3. The van der Waals surface area contributed by atoms with E-state index in [1.165, 1.54) is 0 Å². The van der Waals surface area contributed by atoms with Gasteiger partial charge in [-0.15, -0.1) is 0 Å². The Morgan fingerprint density at radius 2 is 0.909 bits per heavy atom. The van der Waals surface area contributed by atoms with Gasteiger partial charge in [-0.1, -0.05) is 0 Å². The van der Waals surface area contributed by atoms with E-state index in [-0.39, 0.29) is 0 Å². The highest BCUT2D eigenvalue weighted by molar-refractivity contribution is 8.11. The van der Waals surface area contributed by atoms with E-state index in [2.05, 4.69) is 14.0 Å². The molecule has 11 heavy (non-hydrogen) atoms. The summed E-state index contributed by atoms with van der Waals surface area (Å²) in [5.41, 5.74) is 0. The van der Waals surface area contributed by atoms with E-state index >= 15 is 0 Å². The first-order valence-electron chi connectivity index (χ1n) is 3.47. The van der Waals surface area contributed by atoms with Gasteiger partial charge in [-0.05, 0) is 54.1 Å². The van der Waals surface area contributed by atoms with E-state index in [9.17, 15) is 0 Å². The number of hydrogen-bond acceptors (Lipinski definition) is 1. The quantitative estimate of drug-likeness (QED) is 0.619. The minimum absolute atomic E-state index is 1.60. The maximum Gasteiger partial charge on any atom is 0.144 e. The summed E-state index contributed by atoms with van der Waals surface area (Å²) in [5.74, 6) is 0. The van der Waals surface area contributed by atoms with Crippen LogP contribution in [0.15, 0.2) is 0 Å². The van der Waals surface area contributed by atoms with E-state index in [1.807, 2.05) is 42.3 Å². The Balaban J connectivity index is 4.69. The number of rotatable bonds is 3. The van der Waals surface area contributed by atoms with Crippen molar-refractivity contribution in [3.63, 3.8) is 0 Å². The summed E-state index contributed by atoms with van der Waals surface area (Å²) in [6, 6.07) is 0. The van der Waals surface area contributed by atoms with E-state index in [1.54, 1.807) is 0 Å². The van der Waals surface area contributed by atoms with Gasteiger partial charge in [-0.2, -0.15) is 0 Å². The van der Waals surface area contributed by atoms with Crippen molar-refractivity contribution < 1.29 is 0 Å². The zero-order valence-electron chi connectivity index (χ0n) is 8.20. The molecule has 0 aliphatic heterocycles. The van der Waals surface area contributed by atoms with E-state index < -0.39 is 6.49 Å². The minimum atomic E-state index is -1.60. The second-order valence-corrected chi connectivity index (χ2v) is 7.95. The van der Waals surface area contributed by atoms with Gasteiger partial charge in [0.1, 0.15) is 6.49 Å². The van der Waals surface area contributed by atoms with Gasteiger partial charge in [-0.25, -0.2) is 0 Å². The first kappa shape index (κ1) is 11.5. The van der Waals surface area contributed by atoms with Gasteiger partial charge in [0.25, 0.3) is 0 Å². The maximum atomic E-state index is 5.56. The molecule has 0 radical (unpaired) electrons. The molecule has 68 valence electrons. The molecule has 3 nitrogen and oxygen atoms in total. The van der Waals surface area contributed by atoms with Crippen molar-refractivity contribution >= 4 is 18.3 Å². The first-order chi connectivity index (χ1) is 4.83. The van der Waals surface area contributed by atoms with Crippen LogP contribution in [0.3, 0.4) is 0 Å². The van der Waals surface area contributed by atoms with E-state index in [4.69, 9.17) is 11.8 Å². The average Bonchev–Trinajstić information content (AvgIpc) is 1.84. The maximum absolute atomic E-state index is 5.56. The van der Waals surface area contributed by atoms with Crippen LogP contribution in [0.5, 0.6) is 0 Å². The number of hydrogen-bond donors (Lipinski definition) is 0. The normalized spacial score (nSPS) is 13.5. The predicted octanol–water partition coefficient (Wildman–Crippen LogP) is 0.896. The molecular weight excluding hydrogens is 177 g/mol. The molecule has 0 atom stereocenters. The highest BCUT2D eigenvalue weighted by atomic mass is 32.4. The van der Waals surface area contributed by atoms with Gasteiger partial charge >= 0.3 is 0 Å². The SMILES string of the molecule is CN(C)P(=S)(N(C)C)N(C)C. The van der Waals surface area contributed by atoms with Crippen molar-refractivity contribution in [3.05, 3.63) is 0 Å². The lowest BCUT2D eigenvalue weighted by Crippen LogP contribution is -2.29. The van der Waals surface area contributed by atoms with Gasteiger partial charge in [0.15, 0.2) is 0 Å². The van der Waals surface area contributed by atoms with E-state index in [0.717, 1.165) is 0 Å². The molecule has 0 saturated carbocycles. The molecule has 0 aliphatic rings. The molecule has 0 unspecified atom stereocenters. The standard InChI is InChI=1S/C6H18N3PS/c1-7(2)10(11,8(3)4)9(5)6/h1-6H3. The fraction of sp³-hybridized carbons (Fsp3) is 1.00. The first-order valence-corrected chi connectivity index (χ1v) is 6.13. The highest BCUT2D eigenvalue weighted by Crippen LogP contribution is 2.51. The second kappa shape index (κ2) is 3.97. The summed E-state index contributed by atoms with van der Waals surface area (Å²) in [5, 5.41) is 0. The molecule has 0 spiro atoms. The zero-order chi connectivity index (χ0) is 9.23. The largest absolute Gasteiger partial charge is 0.258 e. The molecule has 0 amide bonds. The molecular formula is C6H18N3PS. The van der Waals surface area contributed by atoms with Crippen molar-refractivity contribution in [3.8, 4) is 0 Å². The molecule has 0 saturated heterocycles.